The Morgan fingerprint density at radius 2 is 2.06 bits per heavy atom. The first-order valence-corrected chi connectivity index (χ1v) is 6.14. The number of rotatable bonds is 8. The molecule has 0 spiro atoms. The minimum Gasteiger partial charge on any atom is -0.378 e. The third-order valence-corrected chi connectivity index (χ3v) is 2.70. The highest BCUT2D eigenvalue weighted by molar-refractivity contribution is 5.23. The lowest BCUT2D eigenvalue weighted by atomic mass is 10.1. The average molecular weight is 236 g/mol. The van der Waals surface area contributed by atoms with Gasteiger partial charge in [0, 0.05) is 13.7 Å². The van der Waals surface area contributed by atoms with E-state index >= 15 is 0 Å². The van der Waals surface area contributed by atoms with E-state index in [9.17, 15) is 0 Å². The summed E-state index contributed by atoms with van der Waals surface area (Å²) in [5, 5.41) is 16.7. The van der Waals surface area contributed by atoms with E-state index in [1.54, 1.807) is 11.8 Å². The van der Waals surface area contributed by atoms with Crippen LogP contribution < -0.4 is 0 Å². The lowest BCUT2D eigenvalue weighted by molar-refractivity contribution is 0.176. The van der Waals surface area contributed by atoms with Crippen LogP contribution in [-0.4, -0.2) is 22.1 Å². The molecule has 0 saturated carbocycles. The van der Waals surface area contributed by atoms with Crippen LogP contribution >= 0.6 is 0 Å². The molecule has 17 heavy (non-hydrogen) atoms. The Balaban J connectivity index is 2.47. The van der Waals surface area contributed by atoms with E-state index in [4.69, 9.17) is 10.00 Å². The Morgan fingerprint density at radius 3 is 2.71 bits per heavy atom. The molecule has 1 aromatic heterocycles. The van der Waals surface area contributed by atoms with Gasteiger partial charge in [0.2, 0.25) is 0 Å². The first kappa shape index (κ1) is 13.7. The molecule has 1 heterocycles. The summed E-state index contributed by atoms with van der Waals surface area (Å²) in [4.78, 5) is 0. The molecule has 0 aliphatic rings. The quantitative estimate of drug-likeness (QED) is 0.649. The molecule has 0 fully saturated rings. The van der Waals surface area contributed by atoms with Gasteiger partial charge in [0.1, 0.15) is 11.8 Å². The number of hydrogen-bond acceptors (Lipinski definition) is 4. The summed E-state index contributed by atoms with van der Waals surface area (Å²) in [6, 6.07) is 2.04. The van der Waals surface area contributed by atoms with Gasteiger partial charge in [0.05, 0.1) is 6.61 Å². The fourth-order valence-electron chi connectivity index (χ4n) is 1.74. The largest absolute Gasteiger partial charge is 0.378 e. The topological polar surface area (TPSA) is 63.7 Å². The van der Waals surface area contributed by atoms with E-state index in [0.29, 0.717) is 12.3 Å². The van der Waals surface area contributed by atoms with Crippen LogP contribution in [0.3, 0.4) is 0 Å². The second-order valence-electron chi connectivity index (χ2n) is 4.07. The van der Waals surface area contributed by atoms with Crippen LogP contribution in [0, 0.1) is 11.3 Å². The summed E-state index contributed by atoms with van der Waals surface area (Å²) < 4.78 is 6.85. The summed E-state index contributed by atoms with van der Waals surface area (Å²) in [5.41, 5.74) is 1.16. The van der Waals surface area contributed by atoms with Crippen LogP contribution in [0.1, 0.15) is 50.4 Å². The molecular formula is C12H20N4O. The van der Waals surface area contributed by atoms with Gasteiger partial charge in [-0.15, -0.1) is 5.10 Å². The minimum atomic E-state index is 0.375. The maximum Gasteiger partial charge on any atom is 0.188 e. The number of ether oxygens (including phenoxy) is 1. The number of aromatic nitrogens is 3. The van der Waals surface area contributed by atoms with Gasteiger partial charge in [-0.25, -0.2) is 4.68 Å². The number of unbranched alkanes of at least 4 members (excludes halogenated alkanes) is 4. The Morgan fingerprint density at radius 1 is 1.29 bits per heavy atom. The van der Waals surface area contributed by atoms with E-state index in [2.05, 4.69) is 17.2 Å². The number of hydrogen-bond donors (Lipinski definition) is 0. The van der Waals surface area contributed by atoms with Crippen molar-refractivity contribution in [2.24, 2.45) is 0 Å². The van der Waals surface area contributed by atoms with Crippen LogP contribution in [0.4, 0.5) is 0 Å². The van der Waals surface area contributed by atoms with Gasteiger partial charge >= 0.3 is 0 Å². The molecule has 0 N–H and O–H groups in total. The standard InChI is InChI=1S/C12H20N4O/c1-3-4-5-6-7-8-16-12(10-17-2)11(9-13)14-15-16/h3-8,10H2,1-2H3. The first-order chi connectivity index (χ1) is 8.33. The summed E-state index contributed by atoms with van der Waals surface area (Å²) in [7, 11) is 1.61. The fraction of sp³-hybridized carbons (Fsp3) is 0.750. The molecular weight excluding hydrogens is 216 g/mol. The third kappa shape index (κ3) is 4.16. The molecule has 0 bridgehead atoms. The third-order valence-electron chi connectivity index (χ3n) is 2.70. The lowest BCUT2D eigenvalue weighted by Gasteiger charge is -2.05. The highest BCUT2D eigenvalue weighted by atomic mass is 16.5. The fourth-order valence-corrected chi connectivity index (χ4v) is 1.74. The van der Waals surface area contributed by atoms with Crippen molar-refractivity contribution < 1.29 is 4.74 Å². The molecule has 0 amide bonds. The molecule has 0 radical (unpaired) electrons. The highest BCUT2D eigenvalue weighted by Crippen LogP contribution is 2.09. The molecule has 5 nitrogen and oxygen atoms in total. The van der Waals surface area contributed by atoms with E-state index in [-0.39, 0.29) is 0 Å². The smallest absolute Gasteiger partial charge is 0.188 e. The van der Waals surface area contributed by atoms with Crippen LogP contribution in [0.15, 0.2) is 0 Å². The van der Waals surface area contributed by atoms with Gasteiger partial charge in [-0.1, -0.05) is 37.8 Å². The first-order valence-electron chi connectivity index (χ1n) is 6.14. The molecule has 0 aliphatic carbocycles. The summed E-state index contributed by atoms with van der Waals surface area (Å²) in [6.07, 6.45) is 6.06. The van der Waals surface area contributed by atoms with Gasteiger partial charge in [0.15, 0.2) is 5.69 Å². The van der Waals surface area contributed by atoms with Crippen molar-refractivity contribution in [1.82, 2.24) is 15.0 Å². The molecule has 0 aliphatic heterocycles. The molecule has 0 saturated heterocycles. The van der Waals surface area contributed by atoms with Crippen molar-refractivity contribution in [1.29, 1.82) is 5.26 Å². The van der Waals surface area contributed by atoms with Crippen molar-refractivity contribution in [3.8, 4) is 6.07 Å². The molecule has 1 aromatic rings. The van der Waals surface area contributed by atoms with E-state index in [1.807, 2.05) is 6.07 Å². The maximum absolute atomic E-state index is 8.88. The van der Waals surface area contributed by atoms with Crippen molar-refractivity contribution in [3.05, 3.63) is 11.4 Å². The summed E-state index contributed by atoms with van der Waals surface area (Å²) in [6.45, 7) is 3.41. The molecule has 0 atom stereocenters. The zero-order valence-electron chi connectivity index (χ0n) is 10.6. The predicted octanol–water partition coefficient (Wildman–Crippen LogP) is 2.27. The zero-order valence-corrected chi connectivity index (χ0v) is 10.6. The average Bonchev–Trinajstić information content (AvgIpc) is 2.72. The summed E-state index contributed by atoms with van der Waals surface area (Å²) >= 11 is 0. The van der Waals surface area contributed by atoms with Gasteiger partial charge in [-0.3, -0.25) is 0 Å². The van der Waals surface area contributed by atoms with Crippen molar-refractivity contribution in [3.63, 3.8) is 0 Å². The molecule has 0 unspecified atom stereocenters. The number of nitriles is 1. The van der Waals surface area contributed by atoms with Crippen molar-refractivity contribution >= 4 is 0 Å². The van der Waals surface area contributed by atoms with Crippen LogP contribution in [-0.2, 0) is 17.9 Å². The normalized spacial score (nSPS) is 10.4. The Hall–Kier alpha value is -1.41. The number of nitrogens with zero attached hydrogens (tertiary/aromatic N) is 4. The number of methoxy groups -OCH3 is 1. The lowest BCUT2D eigenvalue weighted by Crippen LogP contribution is -2.07. The monoisotopic (exact) mass is 236 g/mol. The van der Waals surface area contributed by atoms with Gasteiger partial charge in [-0.05, 0) is 6.42 Å². The molecule has 1 rings (SSSR count). The Kier molecular flexibility index (Phi) is 6.26. The van der Waals surface area contributed by atoms with Crippen LogP contribution in [0.5, 0.6) is 0 Å². The maximum atomic E-state index is 8.88. The van der Waals surface area contributed by atoms with Crippen LogP contribution in [0.2, 0.25) is 0 Å². The van der Waals surface area contributed by atoms with Gasteiger partial charge in [-0.2, -0.15) is 5.26 Å². The van der Waals surface area contributed by atoms with Gasteiger partial charge < -0.3 is 4.74 Å². The molecule has 94 valence electrons. The van der Waals surface area contributed by atoms with Crippen molar-refractivity contribution in [2.75, 3.05) is 7.11 Å². The molecule has 0 aromatic carbocycles. The van der Waals surface area contributed by atoms with Crippen LogP contribution in [0.25, 0.3) is 0 Å². The zero-order chi connectivity index (χ0) is 12.5. The highest BCUT2D eigenvalue weighted by Gasteiger charge is 2.11. The Bertz CT molecular complexity index is 367. The second-order valence-corrected chi connectivity index (χ2v) is 4.07. The Labute approximate surface area is 102 Å². The van der Waals surface area contributed by atoms with Gasteiger partial charge in [0.25, 0.3) is 0 Å². The van der Waals surface area contributed by atoms with E-state index < -0.39 is 0 Å². The van der Waals surface area contributed by atoms with E-state index in [1.165, 1.54) is 25.7 Å². The van der Waals surface area contributed by atoms with E-state index in [0.717, 1.165) is 18.7 Å². The minimum absolute atomic E-state index is 0.375. The SMILES string of the molecule is CCCCCCCn1nnc(C#N)c1COC. The number of aryl methyl sites for hydroxylation is 1. The predicted molar refractivity (Wildman–Crippen MR) is 64.2 cm³/mol. The molecule has 5 heteroatoms. The second kappa shape index (κ2) is 7.80. The van der Waals surface area contributed by atoms with Crippen molar-refractivity contribution in [2.45, 2.75) is 52.2 Å². The summed E-state index contributed by atoms with van der Waals surface area (Å²) in [5.74, 6) is 0.